The van der Waals surface area contributed by atoms with Gasteiger partial charge in [0.2, 0.25) is 0 Å². The number of carbonyl (C=O) groups excluding carboxylic acids is 1. The van der Waals surface area contributed by atoms with Crippen molar-refractivity contribution < 1.29 is 4.79 Å². The average molecular weight is 440 g/mol. The van der Waals surface area contributed by atoms with Gasteiger partial charge in [-0.25, -0.2) is 4.98 Å². The van der Waals surface area contributed by atoms with Crippen LogP contribution in [0.15, 0.2) is 30.6 Å². The second-order valence-electron chi connectivity index (χ2n) is 7.24. The van der Waals surface area contributed by atoms with Crippen LogP contribution in [0.1, 0.15) is 45.5 Å². The molecule has 5 rings (SSSR count). The number of tetrazole rings is 1. The largest absolute Gasteiger partial charge is 0.342 e. The van der Waals surface area contributed by atoms with E-state index in [-0.39, 0.29) is 11.9 Å². The zero-order chi connectivity index (χ0) is 20.5. The van der Waals surface area contributed by atoms with Crippen LogP contribution in [0.2, 0.25) is 0 Å². The molecule has 154 valence electrons. The summed E-state index contributed by atoms with van der Waals surface area (Å²) >= 11 is 3.37. The number of nitrogens with zero attached hydrogens (tertiary/aromatic N) is 5. The predicted octanol–water partition coefficient (Wildman–Crippen LogP) is 3.31. The van der Waals surface area contributed by atoms with E-state index in [0.29, 0.717) is 5.56 Å². The van der Waals surface area contributed by atoms with Crippen molar-refractivity contribution in [2.24, 2.45) is 0 Å². The molecule has 0 spiro atoms. The monoisotopic (exact) mass is 439 g/mol. The second-order valence-corrected chi connectivity index (χ2v) is 9.31. The van der Waals surface area contributed by atoms with Crippen LogP contribution in [-0.2, 0) is 12.8 Å². The number of hydrogen-bond acceptors (Lipinski definition) is 7. The molecule has 30 heavy (non-hydrogen) atoms. The summed E-state index contributed by atoms with van der Waals surface area (Å²) in [6, 6.07) is 7.73. The number of nitrogens with one attached hydrogen (secondary N) is 2. The van der Waals surface area contributed by atoms with E-state index in [2.05, 4.69) is 32.1 Å². The molecule has 1 aromatic carbocycles. The Bertz CT molecular complexity index is 1150. The number of para-hydroxylation sites is 2. The number of imidazole rings is 1. The molecule has 0 unspecified atom stereocenters. The average Bonchev–Trinajstić information content (AvgIpc) is 3.52. The van der Waals surface area contributed by atoms with Crippen LogP contribution >= 0.6 is 23.1 Å². The van der Waals surface area contributed by atoms with Crippen LogP contribution < -0.4 is 5.32 Å². The van der Waals surface area contributed by atoms with Gasteiger partial charge in [0.25, 0.3) is 5.91 Å². The molecule has 2 N–H and O–H groups in total. The van der Waals surface area contributed by atoms with Crippen molar-refractivity contribution in [1.29, 1.82) is 0 Å². The molecule has 3 heterocycles. The molecule has 1 amide bonds. The van der Waals surface area contributed by atoms with Gasteiger partial charge in [-0.05, 0) is 65.8 Å². The number of amides is 1. The second kappa shape index (κ2) is 8.19. The number of H-pyrrole nitrogens is 1. The Balaban J connectivity index is 1.49. The molecule has 4 aromatic rings. The Morgan fingerprint density at radius 1 is 1.37 bits per heavy atom. The van der Waals surface area contributed by atoms with Crippen molar-refractivity contribution in [2.75, 3.05) is 12.0 Å². The number of benzene rings is 1. The first kappa shape index (κ1) is 19.3. The van der Waals surface area contributed by atoms with Gasteiger partial charge >= 0.3 is 0 Å². The number of thioether (sulfide) groups is 1. The minimum atomic E-state index is -0.198. The Labute approximate surface area is 181 Å². The number of thiophene rings is 1. The number of aromatic amines is 1. The summed E-state index contributed by atoms with van der Waals surface area (Å²) in [5.74, 6) is 1.62. The lowest BCUT2D eigenvalue weighted by molar-refractivity contribution is 0.0933. The summed E-state index contributed by atoms with van der Waals surface area (Å²) in [6.07, 6.45) is 7.40. The molecule has 0 saturated heterocycles. The maximum Gasteiger partial charge on any atom is 0.255 e. The quantitative estimate of drug-likeness (QED) is 0.458. The number of hydrogen-bond donors (Lipinski definition) is 2. The summed E-state index contributed by atoms with van der Waals surface area (Å²) in [5.41, 5.74) is 3.71. The van der Waals surface area contributed by atoms with Gasteiger partial charge in [0.05, 0.1) is 22.6 Å². The van der Waals surface area contributed by atoms with Crippen LogP contribution in [0.5, 0.6) is 0 Å². The van der Waals surface area contributed by atoms with Crippen LogP contribution in [0.4, 0.5) is 0 Å². The Kier molecular flexibility index (Phi) is 5.26. The SMILES string of the molecule is CSCC[C@@H](NC(=O)c1c(-n2cnnn2)sc2c1CCC2)c1nc2ccccc2[nH]1. The number of aryl methyl sites for hydroxylation is 1. The summed E-state index contributed by atoms with van der Waals surface area (Å²) in [7, 11) is 0. The number of carbonyl (C=O) groups is 1. The topological polar surface area (TPSA) is 101 Å². The first-order chi connectivity index (χ1) is 14.7. The van der Waals surface area contributed by atoms with Gasteiger partial charge in [0, 0.05) is 4.88 Å². The number of aromatic nitrogens is 6. The molecular formula is C20H21N7OS2. The van der Waals surface area contributed by atoms with Gasteiger partial charge < -0.3 is 10.3 Å². The molecule has 1 aliphatic rings. The van der Waals surface area contributed by atoms with Crippen LogP contribution in [-0.4, -0.2) is 48.1 Å². The molecule has 0 aliphatic heterocycles. The number of rotatable bonds is 7. The molecule has 3 aromatic heterocycles. The molecule has 1 atom stereocenters. The smallest absolute Gasteiger partial charge is 0.255 e. The van der Waals surface area contributed by atoms with Crippen LogP contribution in [0, 0.1) is 0 Å². The summed E-state index contributed by atoms with van der Waals surface area (Å²) in [4.78, 5) is 22.9. The highest BCUT2D eigenvalue weighted by Crippen LogP contribution is 2.37. The van der Waals surface area contributed by atoms with Crippen molar-refractivity contribution in [3.63, 3.8) is 0 Å². The van der Waals surface area contributed by atoms with Gasteiger partial charge in [0.15, 0.2) is 0 Å². The molecule has 0 fully saturated rings. The zero-order valence-electron chi connectivity index (χ0n) is 16.5. The van der Waals surface area contributed by atoms with E-state index in [9.17, 15) is 4.79 Å². The molecule has 8 nitrogen and oxygen atoms in total. The molecule has 0 saturated carbocycles. The highest BCUT2D eigenvalue weighted by molar-refractivity contribution is 7.98. The lowest BCUT2D eigenvalue weighted by Crippen LogP contribution is -2.31. The Hall–Kier alpha value is -2.72. The fraction of sp³-hybridized carbons (Fsp3) is 0.350. The summed E-state index contributed by atoms with van der Waals surface area (Å²) < 4.78 is 1.59. The Morgan fingerprint density at radius 3 is 3.07 bits per heavy atom. The minimum absolute atomic E-state index is 0.0912. The molecule has 0 radical (unpaired) electrons. The Morgan fingerprint density at radius 2 is 2.27 bits per heavy atom. The van der Waals surface area contributed by atoms with E-state index in [1.165, 1.54) is 4.88 Å². The standard InChI is InChI=1S/C20H21N7OS2/c1-29-10-9-15(18-22-13-6-2-3-7-14(13)23-18)24-19(28)17-12-5-4-8-16(12)30-20(17)27-11-21-25-26-27/h2-3,6-7,11,15H,4-5,8-10H2,1H3,(H,22,23)(H,24,28)/t15-/m1/s1. The zero-order valence-corrected chi connectivity index (χ0v) is 18.1. The first-order valence-corrected chi connectivity index (χ1v) is 12.1. The van der Waals surface area contributed by atoms with Crippen molar-refractivity contribution >= 4 is 40.0 Å². The maximum absolute atomic E-state index is 13.5. The molecule has 1 aliphatic carbocycles. The van der Waals surface area contributed by atoms with Gasteiger partial charge in [-0.2, -0.15) is 16.4 Å². The van der Waals surface area contributed by atoms with Crippen molar-refractivity contribution in [1.82, 2.24) is 35.5 Å². The van der Waals surface area contributed by atoms with Gasteiger partial charge in [0.1, 0.15) is 17.2 Å². The lowest BCUT2D eigenvalue weighted by atomic mass is 10.1. The van der Waals surface area contributed by atoms with E-state index in [1.807, 2.05) is 24.3 Å². The summed E-state index contributed by atoms with van der Waals surface area (Å²) in [6.45, 7) is 0. The van der Waals surface area contributed by atoms with E-state index in [4.69, 9.17) is 4.98 Å². The van der Waals surface area contributed by atoms with Crippen molar-refractivity contribution in [3.8, 4) is 5.00 Å². The lowest BCUT2D eigenvalue weighted by Gasteiger charge is -2.17. The van der Waals surface area contributed by atoms with Gasteiger partial charge in [-0.15, -0.1) is 16.4 Å². The maximum atomic E-state index is 13.5. The predicted molar refractivity (Wildman–Crippen MR) is 118 cm³/mol. The highest BCUT2D eigenvalue weighted by atomic mass is 32.2. The van der Waals surface area contributed by atoms with Gasteiger partial charge in [-0.1, -0.05) is 12.1 Å². The third kappa shape index (κ3) is 3.50. The normalized spacial score (nSPS) is 14.2. The van der Waals surface area contributed by atoms with Crippen molar-refractivity contribution in [3.05, 3.63) is 52.4 Å². The van der Waals surface area contributed by atoms with Crippen LogP contribution in [0.25, 0.3) is 16.0 Å². The third-order valence-electron chi connectivity index (χ3n) is 5.34. The van der Waals surface area contributed by atoms with E-state index in [1.54, 1.807) is 34.1 Å². The minimum Gasteiger partial charge on any atom is -0.342 e. The third-order valence-corrected chi connectivity index (χ3v) is 7.27. The molecule has 10 heteroatoms. The first-order valence-electron chi connectivity index (χ1n) is 9.87. The fourth-order valence-corrected chi connectivity index (χ4v) is 5.69. The van der Waals surface area contributed by atoms with E-state index < -0.39 is 0 Å². The van der Waals surface area contributed by atoms with E-state index in [0.717, 1.165) is 58.9 Å². The van der Waals surface area contributed by atoms with E-state index >= 15 is 0 Å². The fourth-order valence-electron chi connectivity index (χ4n) is 3.92. The molecule has 0 bridgehead atoms. The van der Waals surface area contributed by atoms with Crippen LogP contribution in [0.3, 0.4) is 0 Å². The highest BCUT2D eigenvalue weighted by Gasteiger charge is 2.30. The van der Waals surface area contributed by atoms with Gasteiger partial charge in [-0.3, -0.25) is 4.79 Å². The van der Waals surface area contributed by atoms with Crippen molar-refractivity contribution in [2.45, 2.75) is 31.7 Å². The number of fused-ring (bicyclic) bond motifs is 2. The summed E-state index contributed by atoms with van der Waals surface area (Å²) in [5, 5.41) is 15.5. The molecular weight excluding hydrogens is 418 g/mol.